The summed E-state index contributed by atoms with van der Waals surface area (Å²) in [5.41, 5.74) is 4.32. The van der Waals surface area contributed by atoms with Gasteiger partial charge in [0.2, 0.25) is 5.91 Å². The Kier molecular flexibility index (Phi) is 3.55. The molecule has 6 nitrogen and oxygen atoms in total. The zero-order chi connectivity index (χ0) is 17.0. The summed E-state index contributed by atoms with van der Waals surface area (Å²) in [5, 5.41) is 4.62. The van der Waals surface area contributed by atoms with E-state index in [-0.39, 0.29) is 18.1 Å². The van der Waals surface area contributed by atoms with E-state index in [0.717, 1.165) is 50.1 Å². The van der Waals surface area contributed by atoms with Gasteiger partial charge in [-0.1, -0.05) is 0 Å². The number of hydrogen-bond donors (Lipinski definition) is 0. The molecule has 0 spiro atoms. The summed E-state index contributed by atoms with van der Waals surface area (Å²) < 4.78 is 7.77. The predicted molar refractivity (Wildman–Crippen MR) is 92.2 cm³/mol. The maximum Gasteiger partial charge on any atom is 0.225 e. The number of nitrogens with zero attached hydrogens (tertiary/aromatic N) is 4. The fraction of sp³-hybridized carbons (Fsp3) is 0.632. The second-order valence-electron chi connectivity index (χ2n) is 7.66. The highest BCUT2D eigenvalue weighted by molar-refractivity contribution is 5.78. The Morgan fingerprint density at radius 2 is 2.24 bits per heavy atom. The molecule has 3 aliphatic rings. The molecule has 0 unspecified atom stereocenters. The quantitative estimate of drug-likeness (QED) is 0.843. The first-order chi connectivity index (χ1) is 12.2. The third kappa shape index (κ3) is 2.46. The van der Waals surface area contributed by atoms with Crippen LogP contribution in [0.15, 0.2) is 12.3 Å². The van der Waals surface area contributed by atoms with Crippen molar-refractivity contribution in [2.75, 3.05) is 6.61 Å². The summed E-state index contributed by atoms with van der Waals surface area (Å²) in [7, 11) is 0. The molecule has 0 aliphatic carbocycles. The minimum atomic E-state index is 0.108. The van der Waals surface area contributed by atoms with Crippen LogP contribution in [0.4, 0.5) is 0 Å². The topological polar surface area (TPSA) is 59.7 Å². The van der Waals surface area contributed by atoms with E-state index in [1.807, 2.05) is 23.7 Å². The summed E-state index contributed by atoms with van der Waals surface area (Å²) in [5.74, 6) is 0.252. The molecule has 3 aliphatic heterocycles. The van der Waals surface area contributed by atoms with Gasteiger partial charge in [0.15, 0.2) is 5.65 Å². The molecule has 2 fully saturated rings. The minimum Gasteiger partial charge on any atom is -0.378 e. The van der Waals surface area contributed by atoms with Gasteiger partial charge in [0.1, 0.15) is 0 Å². The zero-order valence-corrected chi connectivity index (χ0v) is 14.6. The van der Waals surface area contributed by atoms with E-state index in [9.17, 15) is 4.79 Å². The van der Waals surface area contributed by atoms with Crippen LogP contribution in [0.2, 0.25) is 0 Å². The SMILES string of the molecule is Cc1cc2ncc3c(n2n1)C[C@H]1CC[C@H]3N1C(=O)C[C@H]1CCCCO1. The number of aromatic nitrogens is 3. The average molecular weight is 340 g/mol. The van der Waals surface area contributed by atoms with Gasteiger partial charge in [0.05, 0.1) is 30.0 Å². The maximum atomic E-state index is 13.0. The highest BCUT2D eigenvalue weighted by Gasteiger charge is 2.44. The first kappa shape index (κ1) is 15.3. The molecule has 2 bridgehead atoms. The van der Waals surface area contributed by atoms with Crippen molar-refractivity contribution in [3.05, 3.63) is 29.2 Å². The van der Waals surface area contributed by atoms with Gasteiger partial charge in [0.25, 0.3) is 0 Å². The molecule has 6 heteroatoms. The Balaban J connectivity index is 1.44. The summed E-state index contributed by atoms with van der Waals surface area (Å²) >= 11 is 0. The third-order valence-electron chi connectivity index (χ3n) is 5.99. The van der Waals surface area contributed by atoms with Crippen molar-refractivity contribution in [2.45, 2.75) is 70.1 Å². The van der Waals surface area contributed by atoms with Crippen molar-refractivity contribution in [1.82, 2.24) is 19.5 Å². The molecular weight excluding hydrogens is 316 g/mol. The lowest BCUT2D eigenvalue weighted by Crippen LogP contribution is -2.44. The highest BCUT2D eigenvalue weighted by Crippen LogP contribution is 2.44. The molecule has 3 atom stereocenters. The lowest BCUT2D eigenvalue weighted by molar-refractivity contribution is -0.138. The van der Waals surface area contributed by atoms with Crippen LogP contribution in [0, 0.1) is 6.92 Å². The third-order valence-corrected chi connectivity index (χ3v) is 5.99. The highest BCUT2D eigenvalue weighted by atomic mass is 16.5. The Hall–Kier alpha value is -1.95. The van der Waals surface area contributed by atoms with Crippen LogP contribution in [0.25, 0.3) is 5.65 Å². The van der Waals surface area contributed by atoms with E-state index >= 15 is 0 Å². The number of rotatable bonds is 2. The van der Waals surface area contributed by atoms with E-state index in [0.29, 0.717) is 12.5 Å². The molecule has 5 heterocycles. The molecule has 5 rings (SSSR count). The summed E-state index contributed by atoms with van der Waals surface area (Å²) in [6, 6.07) is 2.47. The standard InChI is InChI=1S/C19H24N4O2/c1-12-8-18-20-11-15-16-6-5-13(9-17(15)23(18)21-12)22(16)19(24)10-14-4-2-3-7-25-14/h8,11,13-14,16H,2-7,9-10H2,1H3/t13-,14-,16-/m1/s1. The smallest absolute Gasteiger partial charge is 0.225 e. The number of amides is 1. The molecule has 1 amide bonds. The van der Waals surface area contributed by atoms with Crippen molar-refractivity contribution in [3.63, 3.8) is 0 Å². The van der Waals surface area contributed by atoms with Crippen molar-refractivity contribution in [1.29, 1.82) is 0 Å². The van der Waals surface area contributed by atoms with Gasteiger partial charge in [-0.2, -0.15) is 5.10 Å². The van der Waals surface area contributed by atoms with E-state index in [1.54, 1.807) is 0 Å². The van der Waals surface area contributed by atoms with Crippen molar-refractivity contribution in [3.8, 4) is 0 Å². The van der Waals surface area contributed by atoms with E-state index in [2.05, 4.69) is 15.0 Å². The Morgan fingerprint density at radius 1 is 1.32 bits per heavy atom. The van der Waals surface area contributed by atoms with Gasteiger partial charge in [-0.15, -0.1) is 0 Å². The molecule has 2 aromatic heterocycles. The van der Waals surface area contributed by atoms with Crippen LogP contribution in [-0.2, 0) is 16.0 Å². The monoisotopic (exact) mass is 340 g/mol. The van der Waals surface area contributed by atoms with Crippen molar-refractivity contribution in [2.24, 2.45) is 0 Å². The summed E-state index contributed by atoms with van der Waals surface area (Å²) in [4.78, 5) is 19.7. The summed E-state index contributed by atoms with van der Waals surface area (Å²) in [6.45, 7) is 2.80. The molecule has 2 saturated heterocycles. The minimum absolute atomic E-state index is 0.108. The predicted octanol–water partition coefficient (Wildman–Crippen LogP) is 2.59. The lowest BCUT2D eigenvalue weighted by Gasteiger charge is -2.37. The van der Waals surface area contributed by atoms with Gasteiger partial charge < -0.3 is 9.64 Å². The molecule has 0 saturated carbocycles. The average Bonchev–Trinajstić information content (AvgIpc) is 3.15. The van der Waals surface area contributed by atoms with Crippen LogP contribution in [0.3, 0.4) is 0 Å². The van der Waals surface area contributed by atoms with Gasteiger partial charge in [-0.25, -0.2) is 9.50 Å². The van der Waals surface area contributed by atoms with Crippen LogP contribution in [0.1, 0.15) is 61.5 Å². The number of carbonyl (C=O) groups is 1. The molecule has 25 heavy (non-hydrogen) atoms. The number of ether oxygens (including phenoxy) is 1. The number of carbonyl (C=O) groups excluding carboxylic acids is 1. The van der Waals surface area contributed by atoms with Gasteiger partial charge >= 0.3 is 0 Å². The number of hydrogen-bond acceptors (Lipinski definition) is 4. The molecular formula is C19H24N4O2. The van der Waals surface area contributed by atoms with Crippen molar-refractivity contribution >= 4 is 11.6 Å². The molecule has 132 valence electrons. The Bertz CT molecular complexity index is 824. The normalized spacial score (nSPS) is 28.4. The second-order valence-corrected chi connectivity index (χ2v) is 7.66. The van der Waals surface area contributed by atoms with Crippen molar-refractivity contribution < 1.29 is 9.53 Å². The van der Waals surface area contributed by atoms with Gasteiger partial charge in [-0.3, -0.25) is 4.79 Å². The molecule has 0 N–H and O–H groups in total. The maximum absolute atomic E-state index is 13.0. The number of aryl methyl sites for hydroxylation is 1. The van der Waals surface area contributed by atoms with E-state index < -0.39 is 0 Å². The van der Waals surface area contributed by atoms with E-state index in [4.69, 9.17) is 4.74 Å². The van der Waals surface area contributed by atoms with Crippen LogP contribution >= 0.6 is 0 Å². The molecule has 0 radical (unpaired) electrons. The van der Waals surface area contributed by atoms with Crippen LogP contribution in [-0.4, -0.2) is 44.2 Å². The van der Waals surface area contributed by atoms with Gasteiger partial charge in [0, 0.05) is 36.9 Å². The van der Waals surface area contributed by atoms with Gasteiger partial charge in [-0.05, 0) is 39.0 Å². The fourth-order valence-corrected chi connectivity index (χ4v) is 4.85. The van der Waals surface area contributed by atoms with Crippen LogP contribution in [0.5, 0.6) is 0 Å². The molecule has 0 aromatic carbocycles. The van der Waals surface area contributed by atoms with Crippen LogP contribution < -0.4 is 0 Å². The first-order valence-corrected chi connectivity index (χ1v) is 9.47. The Morgan fingerprint density at radius 3 is 3.08 bits per heavy atom. The fourth-order valence-electron chi connectivity index (χ4n) is 4.85. The second kappa shape index (κ2) is 5.80. The zero-order valence-electron chi connectivity index (χ0n) is 14.6. The Labute approximate surface area is 147 Å². The number of fused-ring (bicyclic) bond motifs is 6. The summed E-state index contributed by atoms with van der Waals surface area (Å²) in [6.07, 6.45) is 8.89. The largest absolute Gasteiger partial charge is 0.378 e. The van der Waals surface area contributed by atoms with E-state index in [1.165, 1.54) is 17.7 Å². The lowest BCUT2D eigenvalue weighted by atomic mass is 9.97. The molecule has 2 aromatic rings. The first-order valence-electron chi connectivity index (χ1n) is 9.47.